The fourth-order valence-electron chi connectivity index (χ4n) is 3.82. The van der Waals surface area contributed by atoms with Crippen LogP contribution in [0.5, 0.6) is 0 Å². The molecule has 1 saturated heterocycles. The van der Waals surface area contributed by atoms with E-state index in [4.69, 9.17) is 14.7 Å². The molecular formula is C22H30N6O3S. The van der Waals surface area contributed by atoms with Crippen molar-refractivity contribution in [2.75, 3.05) is 49.3 Å². The summed E-state index contributed by atoms with van der Waals surface area (Å²) < 4.78 is 20.5. The van der Waals surface area contributed by atoms with E-state index in [1.807, 2.05) is 42.4 Å². The Morgan fingerprint density at radius 3 is 2.56 bits per heavy atom. The minimum atomic E-state index is -2.21. The summed E-state index contributed by atoms with van der Waals surface area (Å²) in [7, 11) is -2.21. The second kappa shape index (κ2) is 9.43. The molecule has 0 aliphatic carbocycles. The standard InChI is InChI=1S/C22H30N6O3S/c1-4-23-22(29)24-17-8-6-16(7-9-17)20-25-19-15-28(32(3,30)5-2)14-18(19)21(26-20)27-10-12-31-13-11-27/h5-9H,4,10-15H2,1-3H3,(H2,23,24,29). The summed E-state index contributed by atoms with van der Waals surface area (Å²) in [6.07, 6.45) is 1.77. The van der Waals surface area contributed by atoms with E-state index in [0.29, 0.717) is 44.4 Å². The number of rotatable bonds is 5. The lowest BCUT2D eigenvalue weighted by Gasteiger charge is -2.29. The van der Waals surface area contributed by atoms with Gasteiger partial charge in [0.25, 0.3) is 0 Å². The number of carbonyl (C=O) groups excluding carboxylic acids is 1. The Labute approximate surface area is 189 Å². The molecule has 0 spiro atoms. The van der Waals surface area contributed by atoms with Crippen LogP contribution in [0.3, 0.4) is 0 Å². The summed E-state index contributed by atoms with van der Waals surface area (Å²) in [4.78, 5) is 23.8. The Hall–Kier alpha value is -2.69. The Morgan fingerprint density at radius 2 is 1.91 bits per heavy atom. The highest BCUT2D eigenvalue weighted by Crippen LogP contribution is 2.33. The molecule has 10 heteroatoms. The molecule has 4 rings (SSSR count). The molecule has 3 heterocycles. The molecule has 1 aromatic heterocycles. The predicted molar refractivity (Wildman–Crippen MR) is 128 cm³/mol. The smallest absolute Gasteiger partial charge is 0.319 e. The number of ether oxygens (including phenoxy) is 1. The van der Waals surface area contributed by atoms with Crippen LogP contribution in [0.4, 0.5) is 16.3 Å². The van der Waals surface area contributed by atoms with E-state index in [-0.39, 0.29) is 6.03 Å². The van der Waals surface area contributed by atoms with Gasteiger partial charge in [0.1, 0.15) is 5.82 Å². The zero-order valence-corrected chi connectivity index (χ0v) is 19.6. The van der Waals surface area contributed by atoms with Gasteiger partial charge >= 0.3 is 6.03 Å². The van der Waals surface area contributed by atoms with Crippen LogP contribution in [0.2, 0.25) is 0 Å². The highest BCUT2D eigenvalue weighted by atomic mass is 32.2. The van der Waals surface area contributed by atoms with Crippen LogP contribution in [-0.4, -0.2) is 69.0 Å². The first-order valence-corrected chi connectivity index (χ1v) is 12.8. The van der Waals surface area contributed by atoms with Crippen molar-refractivity contribution in [2.24, 2.45) is 0 Å². The van der Waals surface area contributed by atoms with E-state index in [0.717, 1.165) is 35.7 Å². The first kappa shape index (κ1) is 22.5. The molecule has 9 nitrogen and oxygen atoms in total. The number of fused-ring (bicyclic) bond motifs is 1. The van der Waals surface area contributed by atoms with Gasteiger partial charge in [0.05, 0.1) is 25.5 Å². The van der Waals surface area contributed by atoms with Crippen LogP contribution < -0.4 is 15.5 Å². The van der Waals surface area contributed by atoms with Gasteiger partial charge in [-0.15, -0.1) is 0 Å². The van der Waals surface area contributed by atoms with Crippen molar-refractivity contribution in [3.63, 3.8) is 0 Å². The molecule has 2 N–H and O–H groups in total. The number of nitrogens with one attached hydrogen (secondary N) is 2. The van der Waals surface area contributed by atoms with Crippen LogP contribution in [0.15, 0.2) is 24.3 Å². The second-order valence-corrected chi connectivity index (χ2v) is 10.6. The largest absolute Gasteiger partial charge is 0.378 e. The Kier molecular flexibility index (Phi) is 6.63. The van der Waals surface area contributed by atoms with Gasteiger partial charge in [0, 0.05) is 59.0 Å². The fraction of sp³-hybridized carbons (Fsp3) is 0.455. The van der Waals surface area contributed by atoms with E-state index >= 15 is 0 Å². The number of morpholine rings is 1. The van der Waals surface area contributed by atoms with E-state index < -0.39 is 9.71 Å². The highest BCUT2D eigenvalue weighted by Gasteiger charge is 2.31. The highest BCUT2D eigenvalue weighted by molar-refractivity contribution is 7.98. The molecular weight excluding hydrogens is 428 g/mol. The summed E-state index contributed by atoms with van der Waals surface area (Å²) in [5.74, 6) is 1.52. The summed E-state index contributed by atoms with van der Waals surface area (Å²) in [5.41, 5.74) is 3.52. The number of benzene rings is 1. The summed E-state index contributed by atoms with van der Waals surface area (Å²) >= 11 is 0. The third kappa shape index (κ3) is 4.72. The van der Waals surface area contributed by atoms with E-state index in [2.05, 4.69) is 15.5 Å². The first-order chi connectivity index (χ1) is 15.4. The van der Waals surface area contributed by atoms with Gasteiger partial charge < -0.3 is 20.3 Å². The van der Waals surface area contributed by atoms with Gasteiger partial charge in [-0.25, -0.2) is 19.1 Å². The first-order valence-electron chi connectivity index (χ1n) is 10.8. The normalized spacial score (nSPS) is 18.0. The summed E-state index contributed by atoms with van der Waals surface area (Å²) in [6, 6.07) is 7.25. The molecule has 172 valence electrons. The molecule has 1 atom stereocenters. The Balaban J connectivity index is 1.68. The number of nitrogens with zero attached hydrogens (tertiary/aromatic N) is 4. The third-order valence-corrected chi connectivity index (χ3v) is 7.89. The van der Waals surface area contributed by atoms with Crippen molar-refractivity contribution < 1.29 is 13.7 Å². The number of aromatic nitrogens is 2. The van der Waals surface area contributed by atoms with Crippen LogP contribution in [0, 0.1) is 0 Å². The van der Waals surface area contributed by atoms with Gasteiger partial charge in [0.2, 0.25) is 0 Å². The van der Waals surface area contributed by atoms with Gasteiger partial charge in [-0.05, 0) is 43.5 Å². The molecule has 2 aliphatic rings. The molecule has 32 heavy (non-hydrogen) atoms. The van der Waals surface area contributed by atoms with Gasteiger partial charge in [0.15, 0.2) is 5.82 Å². The SMILES string of the molecule is CC=S(C)(=O)N1Cc2nc(-c3ccc(NC(=O)NCC)cc3)nc(N3CCOCC3)c2C1. The van der Waals surface area contributed by atoms with E-state index in [9.17, 15) is 9.00 Å². The molecule has 0 saturated carbocycles. The number of urea groups is 1. The van der Waals surface area contributed by atoms with E-state index in [1.54, 1.807) is 11.6 Å². The van der Waals surface area contributed by atoms with Gasteiger partial charge in [-0.1, -0.05) is 0 Å². The quantitative estimate of drug-likeness (QED) is 0.666. The van der Waals surface area contributed by atoms with Crippen molar-refractivity contribution >= 4 is 32.6 Å². The summed E-state index contributed by atoms with van der Waals surface area (Å²) in [6.45, 7) is 8.21. The van der Waals surface area contributed by atoms with Crippen LogP contribution in [0.1, 0.15) is 25.1 Å². The van der Waals surface area contributed by atoms with Crippen LogP contribution in [-0.2, 0) is 27.5 Å². The number of hydrogen-bond acceptors (Lipinski definition) is 6. The minimum Gasteiger partial charge on any atom is -0.378 e. The van der Waals surface area contributed by atoms with Crippen molar-refractivity contribution in [1.82, 2.24) is 19.6 Å². The van der Waals surface area contributed by atoms with Crippen molar-refractivity contribution in [1.29, 1.82) is 0 Å². The lowest BCUT2D eigenvalue weighted by atomic mass is 10.1. The lowest BCUT2D eigenvalue weighted by Crippen LogP contribution is -2.37. The third-order valence-electron chi connectivity index (χ3n) is 5.73. The molecule has 2 amide bonds. The predicted octanol–water partition coefficient (Wildman–Crippen LogP) is 2.09. The Bertz CT molecular complexity index is 1110. The lowest BCUT2D eigenvalue weighted by molar-refractivity contribution is 0.122. The fourth-order valence-corrected chi connectivity index (χ4v) is 4.88. The summed E-state index contributed by atoms with van der Waals surface area (Å²) in [5, 5.41) is 7.28. The zero-order chi connectivity index (χ0) is 22.7. The Morgan fingerprint density at radius 1 is 1.19 bits per heavy atom. The van der Waals surface area contributed by atoms with Gasteiger partial charge in [-0.3, -0.25) is 4.21 Å². The molecule has 1 fully saturated rings. The minimum absolute atomic E-state index is 0.236. The zero-order valence-electron chi connectivity index (χ0n) is 18.8. The number of carbonyl (C=O) groups is 1. The van der Waals surface area contributed by atoms with Crippen molar-refractivity contribution in [3.8, 4) is 11.4 Å². The van der Waals surface area contributed by atoms with Crippen molar-refractivity contribution in [3.05, 3.63) is 35.5 Å². The number of anilines is 2. The van der Waals surface area contributed by atoms with Crippen LogP contribution >= 0.6 is 0 Å². The molecule has 0 bridgehead atoms. The number of hydrogen-bond donors (Lipinski definition) is 2. The van der Waals surface area contributed by atoms with Crippen molar-refractivity contribution in [2.45, 2.75) is 26.9 Å². The molecule has 1 unspecified atom stereocenters. The maximum Gasteiger partial charge on any atom is 0.319 e. The topological polar surface area (TPSA) is 99.7 Å². The monoisotopic (exact) mass is 458 g/mol. The average Bonchev–Trinajstić information content (AvgIpc) is 3.25. The van der Waals surface area contributed by atoms with Crippen LogP contribution in [0.25, 0.3) is 11.4 Å². The molecule has 2 aliphatic heterocycles. The average molecular weight is 459 g/mol. The molecule has 0 radical (unpaired) electrons. The maximum absolute atomic E-state index is 13.0. The second-order valence-electron chi connectivity index (χ2n) is 7.85. The number of amides is 2. The molecule has 2 aromatic rings. The van der Waals surface area contributed by atoms with E-state index in [1.165, 1.54) is 0 Å². The molecule has 1 aromatic carbocycles. The van der Waals surface area contributed by atoms with Gasteiger partial charge in [-0.2, -0.15) is 0 Å². The maximum atomic E-state index is 13.0.